The molecule has 2 aliphatic rings. The second kappa shape index (κ2) is 16.6. The number of aliphatic carboxylic acids is 2. The van der Waals surface area contributed by atoms with E-state index in [0.29, 0.717) is 17.1 Å². The van der Waals surface area contributed by atoms with E-state index in [0.717, 1.165) is 39.0 Å². The molecule has 0 saturated heterocycles. The first-order valence-electron chi connectivity index (χ1n) is 19.6. The van der Waals surface area contributed by atoms with Crippen LogP contribution >= 0.6 is 0 Å². The molecule has 5 aromatic rings. The molecule has 61 heavy (non-hydrogen) atoms. The van der Waals surface area contributed by atoms with Crippen molar-refractivity contribution in [3.8, 4) is 11.5 Å². The summed E-state index contributed by atoms with van der Waals surface area (Å²) < 4.78 is 70.0. The number of fused-ring (bicyclic) bond motifs is 2. The van der Waals surface area contributed by atoms with Crippen molar-refractivity contribution in [3.63, 3.8) is 0 Å². The lowest BCUT2D eigenvalue weighted by Gasteiger charge is -2.57. The summed E-state index contributed by atoms with van der Waals surface area (Å²) in [5, 5.41) is 20.6. The van der Waals surface area contributed by atoms with Gasteiger partial charge in [-0.15, -0.1) is 0 Å². The van der Waals surface area contributed by atoms with Crippen LogP contribution in [0.1, 0.15) is 49.8 Å². The second-order valence-corrected chi connectivity index (χ2v) is 19.1. The molecule has 2 N–H and O–H groups in total. The molecule has 0 aliphatic heterocycles. The highest BCUT2D eigenvalue weighted by Crippen LogP contribution is 2.63. The van der Waals surface area contributed by atoms with Gasteiger partial charge in [0.1, 0.15) is 24.6 Å². The number of carbonyl (C=O) groups is 2. The molecular weight excluding hydrogens is 817 g/mol. The van der Waals surface area contributed by atoms with Crippen molar-refractivity contribution in [2.24, 2.45) is 10.8 Å². The minimum atomic E-state index is -4.62. The van der Waals surface area contributed by atoms with Gasteiger partial charge >= 0.3 is 11.9 Å². The number of hydrogen-bond donors (Lipinski definition) is 2. The van der Waals surface area contributed by atoms with Gasteiger partial charge < -0.3 is 19.7 Å². The molecule has 0 heterocycles. The minimum Gasteiger partial charge on any atom is -0.497 e. The monoisotopic (exact) mass is 862 g/mol. The number of allylic oxidation sites excluding steroid dienone is 4. The molecule has 1 fully saturated rings. The number of anilines is 2. The molecule has 0 amide bonds. The van der Waals surface area contributed by atoms with Crippen molar-refractivity contribution < 1.29 is 46.1 Å². The molecule has 12 nitrogen and oxygen atoms in total. The number of carboxylic acid groups (broad SMARTS) is 2. The number of sulfonamides is 2. The van der Waals surface area contributed by atoms with E-state index in [1.165, 1.54) is 74.9 Å². The zero-order valence-electron chi connectivity index (χ0n) is 34.1. The molecule has 316 valence electrons. The normalized spacial score (nSPS) is 18.5. The molecule has 1 saturated carbocycles. The summed E-state index contributed by atoms with van der Waals surface area (Å²) >= 11 is 0. The van der Waals surface area contributed by atoms with Crippen LogP contribution in [0.5, 0.6) is 11.5 Å². The summed E-state index contributed by atoms with van der Waals surface area (Å²) in [6.07, 6.45) is 13.5. The van der Waals surface area contributed by atoms with Gasteiger partial charge in [0, 0.05) is 16.3 Å². The van der Waals surface area contributed by atoms with Crippen LogP contribution in [-0.2, 0) is 29.6 Å². The summed E-state index contributed by atoms with van der Waals surface area (Å²) in [5.74, 6) is -2.14. The van der Waals surface area contributed by atoms with E-state index < -0.39 is 45.1 Å². The number of nitrogens with zero attached hydrogens (tertiary/aromatic N) is 2. The zero-order valence-corrected chi connectivity index (χ0v) is 35.7. The third-order valence-electron chi connectivity index (χ3n) is 12.0. The number of hydrogen-bond acceptors (Lipinski definition) is 8. The van der Waals surface area contributed by atoms with Crippen molar-refractivity contribution in [1.82, 2.24) is 0 Å². The number of carboxylic acids is 2. The molecule has 2 aliphatic carbocycles. The van der Waals surface area contributed by atoms with E-state index in [9.17, 15) is 36.6 Å². The highest BCUT2D eigenvalue weighted by atomic mass is 32.2. The van der Waals surface area contributed by atoms with Crippen molar-refractivity contribution >= 4 is 71.9 Å². The van der Waals surface area contributed by atoms with Crippen molar-refractivity contribution in [2.75, 3.05) is 35.9 Å². The maximum absolute atomic E-state index is 14.6. The predicted molar refractivity (Wildman–Crippen MR) is 237 cm³/mol. The molecule has 14 heteroatoms. The third-order valence-corrected chi connectivity index (χ3v) is 15.5. The van der Waals surface area contributed by atoms with Gasteiger partial charge in [0.05, 0.1) is 35.4 Å². The van der Waals surface area contributed by atoms with Crippen LogP contribution in [0.15, 0.2) is 131 Å². The highest BCUT2D eigenvalue weighted by Gasteiger charge is 2.53. The van der Waals surface area contributed by atoms with Gasteiger partial charge in [-0.3, -0.25) is 18.2 Å². The Morgan fingerprint density at radius 3 is 1.77 bits per heavy atom. The van der Waals surface area contributed by atoms with Crippen LogP contribution in [-0.4, -0.2) is 66.3 Å². The Hall–Kier alpha value is -6.38. The lowest BCUT2D eigenvalue weighted by molar-refractivity contribution is -0.136. The van der Waals surface area contributed by atoms with E-state index in [1.54, 1.807) is 30.4 Å². The van der Waals surface area contributed by atoms with Gasteiger partial charge in [-0.1, -0.05) is 92.8 Å². The van der Waals surface area contributed by atoms with Crippen LogP contribution < -0.4 is 18.1 Å². The number of methoxy groups -OCH3 is 2. The average Bonchev–Trinajstić information content (AvgIpc) is 3.25. The number of benzene rings is 5. The predicted octanol–water partition coefficient (Wildman–Crippen LogP) is 8.74. The summed E-state index contributed by atoms with van der Waals surface area (Å²) in [4.78, 5) is 24.6. The van der Waals surface area contributed by atoms with Crippen LogP contribution in [0.25, 0.3) is 28.5 Å². The fourth-order valence-electron chi connectivity index (χ4n) is 8.33. The highest BCUT2D eigenvalue weighted by molar-refractivity contribution is 7.93. The lowest BCUT2D eigenvalue weighted by atomic mass is 9.47. The van der Waals surface area contributed by atoms with Gasteiger partial charge in [-0.2, -0.15) is 0 Å². The standard InChI is InChI=1S/C47H46N2O10S2/c1-5-47-27-26-46(47,2)25-24-35(29-47)33-13-10-32(11-14-33)12-15-34-28-42(48(30-43(50)51)60(54,55)38-20-16-36(58-3)17-21-38)40-8-6-7-9-41(40)45(34)49(31-44(52)53)61(56,57)39-22-18-37(59-4)19-23-39/h6-25,28-29H,5,26-27,30-31H2,1-4H3,(H,50,51)(H,52,53)/b15-12+. The zero-order chi connectivity index (χ0) is 43.7. The molecular formula is C47H46N2O10S2. The Morgan fingerprint density at radius 1 is 0.721 bits per heavy atom. The molecule has 0 radical (unpaired) electrons. The molecule has 7 rings (SSSR count). The number of ether oxygens (including phenoxy) is 2. The van der Waals surface area contributed by atoms with Crippen LogP contribution in [0, 0.1) is 10.8 Å². The largest absolute Gasteiger partial charge is 0.497 e. The van der Waals surface area contributed by atoms with Gasteiger partial charge in [0.25, 0.3) is 20.0 Å². The van der Waals surface area contributed by atoms with Gasteiger partial charge in [0.15, 0.2) is 0 Å². The Balaban J connectivity index is 1.42. The first kappa shape index (κ1) is 42.7. The minimum absolute atomic E-state index is 0.0616. The van der Waals surface area contributed by atoms with Gasteiger partial charge in [-0.05, 0) is 101 Å². The molecule has 5 aromatic carbocycles. The Labute approximate surface area is 355 Å². The second-order valence-electron chi connectivity index (χ2n) is 15.4. The fraction of sp³-hybridized carbons (Fsp3) is 0.234. The summed E-state index contributed by atoms with van der Waals surface area (Å²) in [6, 6.07) is 26.4. The van der Waals surface area contributed by atoms with Crippen LogP contribution in [0.2, 0.25) is 0 Å². The van der Waals surface area contributed by atoms with E-state index in [-0.39, 0.29) is 48.3 Å². The smallest absolute Gasteiger partial charge is 0.324 e. The fourth-order valence-corrected chi connectivity index (χ4v) is 11.2. The molecule has 0 aromatic heterocycles. The van der Waals surface area contributed by atoms with Crippen molar-refractivity contribution in [1.29, 1.82) is 0 Å². The Morgan fingerprint density at radius 2 is 1.26 bits per heavy atom. The summed E-state index contributed by atoms with van der Waals surface area (Å²) in [7, 11) is -6.35. The summed E-state index contributed by atoms with van der Waals surface area (Å²) in [6.45, 7) is 2.53. The van der Waals surface area contributed by atoms with Gasteiger partial charge in [-0.25, -0.2) is 16.8 Å². The molecule has 2 atom stereocenters. The molecule has 2 unspecified atom stereocenters. The Bertz CT molecular complexity index is 2810. The topological polar surface area (TPSA) is 168 Å². The van der Waals surface area contributed by atoms with E-state index in [2.05, 4.69) is 32.1 Å². The first-order chi connectivity index (χ1) is 29.1. The maximum Gasteiger partial charge on any atom is 0.324 e. The Kier molecular flexibility index (Phi) is 11.6. The van der Waals surface area contributed by atoms with Gasteiger partial charge in [0.2, 0.25) is 0 Å². The quantitative estimate of drug-likeness (QED) is 0.0916. The third kappa shape index (κ3) is 8.00. The maximum atomic E-state index is 14.6. The van der Waals surface area contributed by atoms with E-state index in [1.807, 2.05) is 24.3 Å². The van der Waals surface area contributed by atoms with E-state index >= 15 is 0 Å². The lowest BCUT2D eigenvalue weighted by Crippen LogP contribution is -2.47. The summed E-state index contributed by atoms with van der Waals surface area (Å²) in [5.41, 5.74) is 3.08. The number of rotatable bonds is 16. The van der Waals surface area contributed by atoms with Crippen molar-refractivity contribution in [2.45, 2.75) is 42.9 Å². The SMILES string of the molecule is CCC12C=C(c3ccc(/C=C/c4cc(N(CC(=O)O)S(=O)(=O)c5ccc(OC)cc5)c5ccccc5c4N(CC(=O)O)S(=O)(=O)c4ccc(OC)cc4)cc3)C=CC1(C)CC2. The molecule has 0 bridgehead atoms. The van der Waals surface area contributed by atoms with Crippen molar-refractivity contribution in [3.05, 3.63) is 138 Å². The average molecular weight is 863 g/mol. The molecule has 0 spiro atoms. The van der Waals surface area contributed by atoms with Crippen LogP contribution in [0.4, 0.5) is 11.4 Å². The van der Waals surface area contributed by atoms with E-state index in [4.69, 9.17) is 9.47 Å². The first-order valence-corrected chi connectivity index (χ1v) is 22.5. The van der Waals surface area contributed by atoms with Crippen LogP contribution in [0.3, 0.4) is 0 Å².